The molecule has 0 saturated carbocycles. The Morgan fingerprint density at radius 3 is 2.59 bits per heavy atom. The van der Waals surface area contributed by atoms with Crippen LogP contribution in [0.4, 0.5) is 0 Å². The SMILES string of the molecule is CC(C)NCCC(C)(O)c1ccnn1C(C)C. The molecule has 4 heteroatoms. The third kappa shape index (κ3) is 3.82. The van der Waals surface area contributed by atoms with Gasteiger partial charge in [0.1, 0.15) is 5.60 Å². The Morgan fingerprint density at radius 1 is 1.41 bits per heavy atom. The van der Waals surface area contributed by atoms with Gasteiger partial charge in [-0.2, -0.15) is 5.10 Å². The van der Waals surface area contributed by atoms with Crippen molar-refractivity contribution >= 4 is 0 Å². The van der Waals surface area contributed by atoms with Gasteiger partial charge in [-0.3, -0.25) is 4.68 Å². The summed E-state index contributed by atoms with van der Waals surface area (Å²) in [5.41, 5.74) is 0.0564. The van der Waals surface area contributed by atoms with Gasteiger partial charge in [0.05, 0.1) is 5.69 Å². The van der Waals surface area contributed by atoms with Crippen LogP contribution < -0.4 is 5.32 Å². The minimum absolute atomic E-state index is 0.268. The molecule has 0 aliphatic heterocycles. The van der Waals surface area contributed by atoms with E-state index in [4.69, 9.17) is 0 Å². The van der Waals surface area contributed by atoms with Crippen molar-refractivity contribution in [3.8, 4) is 0 Å². The monoisotopic (exact) mass is 239 g/mol. The lowest BCUT2D eigenvalue weighted by Gasteiger charge is -2.26. The van der Waals surface area contributed by atoms with Crippen molar-refractivity contribution < 1.29 is 5.11 Å². The molecule has 1 atom stereocenters. The summed E-state index contributed by atoms with van der Waals surface area (Å²) in [7, 11) is 0. The zero-order valence-corrected chi connectivity index (χ0v) is 11.6. The normalized spacial score (nSPS) is 15.5. The van der Waals surface area contributed by atoms with Gasteiger partial charge in [-0.1, -0.05) is 13.8 Å². The summed E-state index contributed by atoms with van der Waals surface area (Å²) in [5.74, 6) is 0. The first kappa shape index (κ1) is 14.2. The number of aliphatic hydroxyl groups is 1. The number of nitrogens with one attached hydrogen (secondary N) is 1. The Morgan fingerprint density at radius 2 is 2.06 bits per heavy atom. The quantitative estimate of drug-likeness (QED) is 0.799. The highest BCUT2D eigenvalue weighted by atomic mass is 16.3. The second kappa shape index (κ2) is 5.65. The number of nitrogens with zero attached hydrogens (tertiary/aromatic N) is 2. The van der Waals surface area contributed by atoms with Gasteiger partial charge in [0, 0.05) is 18.3 Å². The van der Waals surface area contributed by atoms with Crippen LogP contribution in [0.1, 0.15) is 52.8 Å². The average Bonchev–Trinajstić information content (AvgIpc) is 2.65. The second-order valence-corrected chi connectivity index (χ2v) is 5.39. The largest absolute Gasteiger partial charge is 0.384 e. The van der Waals surface area contributed by atoms with Crippen LogP contribution in [-0.4, -0.2) is 27.5 Å². The lowest BCUT2D eigenvalue weighted by atomic mass is 9.97. The van der Waals surface area contributed by atoms with Crippen LogP contribution >= 0.6 is 0 Å². The van der Waals surface area contributed by atoms with Crippen molar-refractivity contribution in [2.75, 3.05) is 6.54 Å². The Balaban J connectivity index is 2.71. The number of hydrogen-bond donors (Lipinski definition) is 2. The van der Waals surface area contributed by atoms with Gasteiger partial charge in [0.2, 0.25) is 0 Å². The van der Waals surface area contributed by atoms with Crippen molar-refractivity contribution in [1.29, 1.82) is 0 Å². The molecular weight excluding hydrogens is 214 g/mol. The molecule has 1 rings (SSSR count). The van der Waals surface area contributed by atoms with Crippen LogP contribution in [0.15, 0.2) is 12.3 Å². The molecule has 4 nitrogen and oxygen atoms in total. The Hall–Kier alpha value is -0.870. The summed E-state index contributed by atoms with van der Waals surface area (Å²) in [5, 5.41) is 18.1. The summed E-state index contributed by atoms with van der Waals surface area (Å²) in [6, 6.07) is 2.61. The molecule has 1 aromatic heterocycles. The van der Waals surface area contributed by atoms with Crippen LogP contribution in [0, 0.1) is 0 Å². The lowest BCUT2D eigenvalue weighted by Crippen LogP contribution is -2.33. The zero-order valence-electron chi connectivity index (χ0n) is 11.6. The van der Waals surface area contributed by atoms with Gasteiger partial charge < -0.3 is 10.4 Å². The summed E-state index contributed by atoms with van der Waals surface area (Å²) >= 11 is 0. The third-order valence-electron chi connectivity index (χ3n) is 2.88. The first-order valence-corrected chi connectivity index (χ1v) is 6.34. The van der Waals surface area contributed by atoms with Crippen LogP contribution in [-0.2, 0) is 5.60 Å². The maximum atomic E-state index is 10.5. The average molecular weight is 239 g/mol. The van der Waals surface area contributed by atoms with Crippen molar-refractivity contribution in [2.24, 2.45) is 0 Å². The molecule has 0 fully saturated rings. The highest BCUT2D eigenvalue weighted by Crippen LogP contribution is 2.25. The predicted octanol–water partition coefficient (Wildman–Crippen LogP) is 2.06. The van der Waals surface area contributed by atoms with Gasteiger partial charge in [-0.05, 0) is 39.8 Å². The smallest absolute Gasteiger partial charge is 0.105 e. The molecule has 1 unspecified atom stereocenters. The maximum absolute atomic E-state index is 10.5. The van der Waals surface area contributed by atoms with Gasteiger partial charge in [-0.25, -0.2) is 0 Å². The van der Waals surface area contributed by atoms with E-state index < -0.39 is 5.60 Å². The van der Waals surface area contributed by atoms with E-state index in [1.165, 1.54) is 0 Å². The fourth-order valence-electron chi connectivity index (χ4n) is 1.88. The fourth-order valence-corrected chi connectivity index (χ4v) is 1.88. The summed E-state index contributed by atoms with van der Waals surface area (Å²) in [4.78, 5) is 0. The minimum atomic E-state index is -0.831. The summed E-state index contributed by atoms with van der Waals surface area (Å²) in [6.07, 6.45) is 2.43. The molecule has 1 aromatic rings. The molecule has 0 saturated heterocycles. The van der Waals surface area contributed by atoms with Gasteiger partial charge in [0.25, 0.3) is 0 Å². The van der Waals surface area contributed by atoms with Crippen molar-refractivity contribution in [3.05, 3.63) is 18.0 Å². The lowest BCUT2D eigenvalue weighted by molar-refractivity contribution is 0.0370. The molecule has 0 aliphatic rings. The van der Waals surface area contributed by atoms with E-state index in [1.807, 2.05) is 17.7 Å². The minimum Gasteiger partial charge on any atom is -0.384 e. The summed E-state index contributed by atoms with van der Waals surface area (Å²) < 4.78 is 1.88. The fraction of sp³-hybridized carbons (Fsp3) is 0.769. The van der Waals surface area contributed by atoms with E-state index in [2.05, 4.69) is 38.1 Å². The van der Waals surface area contributed by atoms with Gasteiger partial charge >= 0.3 is 0 Å². The van der Waals surface area contributed by atoms with E-state index >= 15 is 0 Å². The molecule has 0 amide bonds. The van der Waals surface area contributed by atoms with E-state index in [9.17, 15) is 5.11 Å². The van der Waals surface area contributed by atoms with Gasteiger partial charge in [0.15, 0.2) is 0 Å². The molecule has 17 heavy (non-hydrogen) atoms. The molecule has 0 spiro atoms. The standard InChI is InChI=1S/C13H25N3O/c1-10(2)14-9-7-13(5,17)12-6-8-15-16(12)11(3)4/h6,8,10-11,14,17H,7,9H2,1-5H3. The number of hydrogen-bond acceptors (Lipinski definition) is 3. The maximum Gasteiger partial charge on any atom is 0.105 e. The molecule has 0 radical (unpaired) electrons. The van der Waals surface area contributed by atoms with Crippen LogP contribution in [0.2, 0.25) is 0 Å². The molecule has 98 valence electrons. The number of rotatable bonds is 6. The van der Waals surface area contributed by atoms with E-state index in [1.54, 1.807) is 6.20 Å². The van der Waals surface area contributed by atoms with Crippen LogP contribution in [0.3, 0.4) is 0 Å². The molecule has 1 heterocycles. The Kier molecular flexibility index (Phi) is 4.71. The molecule has 0 aromatic carbocycles. The van der Waals surface area contributed by atoms with Crippen LogP contribution in [0.5, 0.6) is 0 Å². The van der Waals surface area contributed by atoms with Crippen molar-refractivity contribution in [3.63, 3.8) is 0 Å². The van der Waals surface area contributed by atoms with E-state index in [0.717, 1.165) is 12.2 Å². The second-order valence-electron chi connectivity index (χ2n) is 5.39. The molecule has 0 bridgehead atoms. The molecule has 2 N–H and O–H groups in total. The van der Waals surface area contributed by atoms with E-state index in [-0.39, 0.29) is 6.04 Å². The van der Waals surface area contributed by atoms with Gasteiger partial charge in [-0.15, -0.1) is 0 Å². The first-order chi connectivity index (χ1) is 7.84. The van der Waals surface area contributed by atoms with E-state index in [0.29, 0.717) is 12.5 Å². The van der Waals surface area contributed by atoms with Crippen LogP contribution in [0.25, 0.3) is 0 Å². The molecule has 0 aliphatic carbocycles. The van der Waals surface area contributed by atoms with Crippen molar-refractivity contribution in [2.45, 2.75) is 58.7 Å². The third-order valence-corrected chi connectivity index (χ3v) is 2.88. The zero-order chi connectivity index (χ0) is 13.1. The summed E-state index contributed by atoms with van der Waals surface area (Å²) in [6.45, 7) is 11.0. The highest BCUT2D eigenvalue weighted by Gasteiger charge is 2.27. The molecular formula is C13H25N3O. The predicted molar refractivity (Wildman–Crippen MR) is 69.9 cm³/mol. The Labute approximate surface area is 104 Å². The number of aromatic nitrogens is 2. The topological polar surface area (TPSA) is 50.1 Å². The Bertz CT molecular complexity index is 342. The highest BCUT2D eigenvalue weighted by molar-refractivity contribution is 5.11. The van der Waals surface area contributed by atoms with Crippen molar-refractivity contribution in [1.82, 2.24) is 15.1 Å². The first-order valence-electron chi connectivity index (χ1n) is 6.34.